The van der Waals surface area contributed by atoms with Crippen LogP contribution < -0.4 is 0 Å². The van der Waals surface area contributed by atoms with Crippen molar-refractivity contribution in [3.63, 3.8) is 0 Å². The van der Waals surface area contributed by atoms with Gasteiger partial charge < -0.3 is 0 Å². The second-order valence-electron chi connectivity index (χ2n) is 9.90. The zero-order valence-corrected chi connectivity index (χ0v) is 25.5. The van der Waals surface area contributed by atoms with E-state index >= 15 is 13.2 Å². The summed E-state index contributed by atoms with van der Waals surface area (Å²) < 4.78 is 275. The normalized spacial score (nSPS) is 18.1. The van der Waals surface area contributed by atoms with Gasteiger partial charge in [-0.2, -0.15) is 0 Å². The summed E-state index contributed by atoms with van der Waals surface area (Å²) >= 11 is -10.4. The van der Waals surface area contributed by atoms with Gasteiger partial charge in [-0.05, 0) is 0 Å². The van der Waals surface area contributed by atoms with E-state index in [1.54, 1.807) is 6.92 Å². The van der Waals surface area contributed by atoms with Crippen LogP contribution in [0.4, 0.5) is 92.2 Å². The Morgan fingerprint density at radius 3 is 0.889 bits per heavy atom. The van der Waals surface area contributed by atoms with Gasteiger partial charge in [0.1, 0.15) is 0 Å². The molecule has 0 spiro atoms. The molecule has 1 nitrogen and oxygen atoms in total. The molecule has 0 aromatic rings. The Morgan fingerprint density at radius 1 is 0.400 bits per heavy atom. The van der Waals surface area contributed by atoms with Crippen LogP contribution in [0.15, 0.2) is 0 Å². The maximum absolute atomic E-state index is 15.2. The molecule has 0 radical (unpaired) electrons. The number of halogens is 21. The maximum atomic E-state index is 15.2. The van der Waals surface area contributed by atoms with Crippen LogP contribution in [0.5, 0.6) is 0 Å². The van der Waals surface area contributed by atoms with Crippen molar-refractivity contribution in [2.24, 2.45) is 0 Å². The minimum atomic E-state index is -10.4. The van der Waals surface area contributed by atoms with Gasteiger partial charge in [-0.3, -0.25) is 0 Å². The SMILES string of the molecule is CCCCCCCCCC[O][Sn]([CH](F)C(F)(F)C(F)(F)C(F)F)([CH](F)C(F)(F)C(F)(F)C(F)F)[CH](F)C(F)(F)C(F)(F)C(F)F. The van der Waals surface area contributed by atoms with Crippen molar-refractivity contribution in [1.82, 2.24) is 0 Å². The Kier molecular flexibility index (Phi) is 15.9. The molecule has 0 saturated heterocycles. The quantitative estimate of drug-likeness (QED) is 0.0601. The Bertz CT molecular complexity index is 790. The standard InChI is InChI=1S/C10H21O.3C4H2F7.Sn/c1-2-3-4-5-6-7-8-9-10-11;3*5-1-3(8,9)4(10,11)2(6)7;/h2-10H2,1H3;3*1-2H;/q-1;;;;+1. The van der Waals surface area contributed by atoms with Gasteiger partial charge in [0.05, 0.1) is 0 Å². The van der Waals surface area contributed by atoms with Crippen LogP contribution in [0.25, 0.3) is 0 Å². The van der Waals surface area contributed by atoms with Gasteiger partial charge in [0.2, 0.25) is 0 Å². The molecule has 0 N–H and O–H groups in total. The van der Waals surface area contributed by atoms with Gasteiger partial charge in [0.25, 0.3) is 0 Å². The number of alkyl halides is 21. The predicted octanol–water partition coefficient (Wildman–Crippen LogP) is 10.3. The molecule has 0 heterocycles. The first-order valence-corrected chi connectivity index (χ1v) is 18.9. The molecular formula is C22H27F21OSn. The van der Waals surface area contributed by atoms with Crippen LogP contribution in [-0.2, 0) is 3.07 Å². The molecule has 0 rings (SSSR count). The van der Waals surface area contributed by atoms with Gasteiger partial charge in [-0.25, -0.2) is 0 Å². The van der Waals surface area contributed by atoms with Crippen molar-refractivity contribution in [3.8, 4) is 0 Å². The number of rotatable bonds is 22. The van der Waals surface area contributed by atoms with Crippen LogP contribution in [0.3, 0.4) is 0 Å². The summed E-state index contributed by atoms with van der Waals surface area (Å²) in [5, 5.41) is 0. The van der Waals surface area contributed by atoms with E-state index < -0.39 is 106 Å². The summed E-state index contributed by atoms with van der Waals surface area (Å²) in [6.45, 7) is -0.263. The van der Waals surface area contributed by atoms with Crippen LogP contribution in [0, 0.1) is 0 Å². The average Bonchev–Trinajstić information content (AvgIpc) is 2.92. The minimum absolute atomic E-state index is 0.0222. The zero-order valence-electron chi connectivity index (χ0n) is 22.7. The van der Waals surface area contributed by atoms with E-state index in [0.29, 0.717) is 19.3 Å². The molecule has 0 saturated carbocycles. The van der Waals surface area contributed by atoms with E-state index in [9.17, 15) is 79.0 Å². The molecule has 0 fully saturated rings. The summed E-state index contributed by atoms with van der Waals surface area (Å²) in [7, 11) is 0. The molecule has 0 aliphatic carbocycles. The molecule has 0 aliphatic rings. The van der Waals surface area contributed by atoms with Crippen LogP contribution >= 0.6 is 0 Å². The first kappa shape index (κ1) is 44.3. The molecular weight excluding hydrogens is 798 g/mol. The van der Waals surface area contributed by atoms with Crippen molar-refractivity contribution in [1.29, 1.82) is 0 Å². The summed E-state index contributed by atoms with van der Waals surface area (Å²) in [6.07, 6.45) is -16.3. The topological polar surface area (TPSA) is 9.23 Å². The van der Waals surface area contributed by atoms with Gasteiger partial charge in [-0.15, -0.1) is 0 Å². The first-order chi connectivity index (χ1) is 20.1. The number of hydrogen-bond acceptors (Lipinski definition) is 1. The van der Waals surface area contributed by atoms with E-state index in [0.717, 1.165) is 6.42 Å². The van der Waals surface area contributed by atoms with Crippen molar-refractivity contribution < 1.29 is 95.3 Å². The third kappa shape index (κ3) is 8.66. The van der Waals surface area contributed by atoms with Crippen molar-refractivity contribution in [2.45, 2.75) is 126 Å². The van der Waals surface area contributed by atoms with Crippen molar-refractivity contribution in [3.05, 3.63) is 0 Å². The molecule has 3 unspecified atom stereocenters. The van der Waals surface area contributed by atoms with E-state index in [2.05, 4.69) is 3.07 Å². The Morgan fingerprint density at radius 2 is 0.644 bits per heavy atom. The molecule has 0 bridgehead atoms. The zero-order chi connectivity index (χ0) is 36.0. The van der Waals surface area contributed by atoms with Gasteiger partial charge in [-0.1, -0.05) is 0 Å². The molecule has 0 amide bonds. The second kappa shape index (κ2) is 16.1. The summed E-state index contributed by atoms with van der Waals surface area (Å²) in [5.41, 5.74) is 0. The molecule has 0 aromatic carbocycles. The van der Waals surface area contributed by atoms with E-state index in [1.165, 1.54) is 0 Å². The monoisotopic (exact) mass is 826 g/mol. The summed E-state index contributed by atoms with van der Waals surface area (Å²) in [5.74, 6) is -44.8. The van der Waals surface area contributed by atoms with E-state index in [1.807, 2.05) is 0 Å². The molecule has 45 heavy (non-hydrogen) atoms. The van der Waals surface area contributed by atoms with Crippen molar-refractivity contribution >= 4 is 18.8 Å². The van der Waals surface area contributed by atoms with Gasteiger partial charge in [0.15, 0.2) is 0 Å². The first-order valence-electron chi connectivity index (χ1n) is 12.8. The molecule has 0 aromatic heterocycles. The molecule has 272 valence electrons. The number of unbranched alkanes of at least 4 members (excludes halogenated alkanes) is 7. The van der Waals surface area contributed by atoms with Crippen LogP contribution in [0.2, 0.25) is 0 Å². The molecule has 0 aliphatic heterocycles. The number of hydrogen-bond donors (Lipinski definition) is 0. The summed E-state index contributed by atoms with van der Waals surface area (Å²) in [6, 6.07) is 0. The Labute approximate surface area is 246 Å². The second-order valence-corrected chi connectivity index (χ2v) is 19.9. The third-order valence-electron chi connectivity index (χ3n) is 6.65. The molecule has 3 atom stereocenters. The third-order valence-corrected chi connectivity index (χ3v) is 18.5. The summed E-state index contributed by atoms with van der Waals surface area (Å²) in [4.78, 5) is 0. The van der Waals surface area contributed by atoms with E-state index in [4.69, 9.17) is 0 Å². The predicted molar refractivity (Wildman–Crippen MR) is 117 cm³/mol. The Hall–Kier alpha value is -0.711. The van der Waals surface area contributed by atoms with Crippen molar-refractivity contribution in [2.75, 3.05) is 6.61 Å². The average molecular weight is 825 g/mol. The van der Waals surface area contributed by atoms with Crippen LogP contribution in [-0.4, -0.2) is 92.8 Å². The van der Waals surface area contributed by atoms with Gasteiger partial charge >= 0.3 is 246 Å². The fourth-order valence-corrected chi connectivity index (χ4v) is 15.3. The molecule has 23 heteroatoms. The fourth-order valence-electron chi connectivity index (χ4n) is 3.88. The fraction of sp³-hybridized carbons (Fsp3) is 1.00. The Balaban J connectivity index is 7.44. The van der Waals surface area contributed by atoms with Gasteiger partial charge in [0, 0.05) is 0 Å². The van der Waals surface area contributed by atoms with Crippen LogP contribution in [0.1, 0.15) is 58.3 Å². The van der Waals surface area contributed by atoms with E-state index in [-0.39, 0.29) is 12.8 Å².